The van der Waals surface area contributed by atoms with Gasteiger partial charge in [-0.05, 0) is 68.0 Å². The first kappa shape index (κ1) is 26.9. The van der Waals surface area contributed by atoms with Crippen LogP contribution in [-0.2, 0) is 16.0 Å². The molecule has 0 aliphatic carbocycles. The van der Waals surface area contributed by atoms with Crippen molar-refractivity contribution in [2.45, 2.75) is 19.8 Å². The van der Waals surface area contributed by atoms with Crippen LogP contribution in [0.25, 0.3) is 10.9 Å². The van der Waals surface area contributed by atoms with Crippen molar-refractivity contribution in [3.05, 3.63) is 88.4 Å². The minimum atomic E-state index is -0.939. The fraction of sp³-hybridized carbons (Fsp3) is 0.207. The van der Waals surface area contributed by atoms with Gasteiger partial charge in [0.25, 0.3) is 0 Å². The molecule has 196 valence electrons. The number of hydrogen-bond acceptors (Lipinski definition) is 5. The van der Waals surface area contributed by atoms with E-state index in [-0.39, 0.29) is 18.2 Å². The average molecular weight is 533 g/mol. The molecule has 4 aromatic rings. The molecular weight excluding hydrogens is 504 g/mol. The second-order valence-electron chi connectivity index (χ2n) is 8.91. The van der Waals surface area contributed by atoms with Crippen LogP contribution < -0.4 is 10.2 Å². The van der Waals surface area contributed by atoms with Gasteiger partial charge >= 0.3 is 5.97 Å². The molecule has 9 heteroatoms. The fourth-order valence-electron chi connectivity index (χ4n) is 4.38. The number of aliphatic imine (C=N–C) groups is 1. The summed E-state index contributed by atoms with van der Waals surface area (Å²) >= 11 is 6.16. The number of carbonyl (C=O) groups excluding carboxylic acids is 1. The third kappa shape index (κ3) is 6.22. The fourth-order valence-corrected chi connectivity index (χ4v) is 4.55. The van der Waals surface area contributed by atoms with Gasteiger partial charge in [-0.15, -0.1) is 0 Å². The molecule has 0 aliphatic rings. The maximum Gasteiger partial charge on any atom is 0.307 e. The lowest BCUT2D eigenvalue weighted by atomic mass is 9.98. The highest BCUT2D eigenvalue weighted by Gasteiger charge is 2.20. The van der Waals surface area contributed by atoms with Crippen LogP contribution in [0.3, 0.4) is 0 Å². The number of aromatic amines is 1. The number of anilines is 1. The van der Waals surface area contributed by atoms with Gasteiger partial charge in [0.15, 0.2) is 5.88 Å². The molecule has 0 unspecified atom stereocenters. The van der Waals surface area contributed by atoms with Gasteiger partial charge in [0.1, 0.15) is 0 Å². The molecular formula is C29H29ClN4O4. The molecule has 0 saturated carbocycles. The molecule has 0 spiro atoms. The highest BCUT2D eigenvalue weighted by molar-refractivity contribution is 6.31. The maximum absolute atomic E-state index is 12.2. The van der Waals surface area contributed by atoms with Gasteiger partial charge in [-0.2, -0.15) is 0 Å². The number of amides is 1. The number of H-pyrrole nitrogens is 1. The normalized spacial score (nSPS) is 11.6. The zero-order valence-electron chi connectivity index (χ0n) is 21.2. The predicted molar refractivity (Wildman–Crippen MR) is 151 cm³/mol. The summed E-state index contributed by atoms with van der Waals surface area (Å²) in [5, 5.41) is 24.5. The van der Waals surface area contributed by atoms with Crippen molar-refractivity contribution in [2.75, 3.05) is 25.0 Å². The first-order valence-electron chi connectivity index (χ1n) is 12.2. The van der Waals surface area contributed by atoms with Crippen LogP contribution in [0, 0.1) is 0 Å². The quantitative estimate of drug-likeness (QED) is 0.163. The lowest BCUT2D eigenvalue weighted by Gasteiger charge is -2.21. The number of halogens is 1. The van der Waals surface area contributed by atoms with Crippen LogP contribution in [0.4, 0.5) is 11.4 Å². The molecule has 1 aromatic heterocycles. The van der Waals surface area contributed by atoms with E-state index >= 15 is 0 Å². The van der Waals surface area contributed by atoms with E-state index in [1.54, 1.807) is 48.2 Å². The van der Waals surface area contributed by atoms with Crippen LogP contribution in [0.2, 0.25) is 5.02 Å². The first-order valence-corrected chi connectivity index (χ1v) is 12.6. The number of aromatic hydroxyl groups is 1. The number of benzene rings is 3. The molecule has 1 heterocycles. The number of hydrogen-bond donors (Lipinski definition) is 4. The lowest BCUT2D eigenvalue weighted by Crippen LogP contribution is -2.31. The first-order chi connectivity index (χ1) is 18.3. The summed E-state index contributed by atoms with van der Waals surface area (Å²) in [5.74, 6) is -1.06. The number of carbonyl (C=O) groups is 2. The third-order valence-electron chi connectivity index (χ3n) is 6.12. The van der Waals surface area contributed by atoms with Gasteiger partial charge < -0.3 is 25.4 Å². The second kappa shape index (κ2) is 11.9. The van der Waals surface area contributed by atoms with Crippen LogP contribution in [0.15, 0.2) is 71.7 Å². The van der Waals surface area contributed by atoms with Gasteiger partial charge in [-0.1, -0.05) is 35.9 Å². The number of rotatable bonds is 10. The van der Waals surface area contributed by atoms with Crippen LogP contribution in [0.1, 0.15) is 30.0 Å². The summed E-state index contributed by atoms with van der Waals surface area (Å²) in [6, 6.07) is 19.7. The molecule has 1 amide bonds. The average Bonchev–Trinajstić information content (AvgIpc) is 3.19. The second-order valence-corrected chi connectivity index (χ2v) is 9.35. The molecule has 0 atom stereocenters. The van der Waals surface area contributed by atoms with Crippen molar-refractivity contribution in [3.63, 3.8) is 0 Å². The Labute approximate surface area is 225 Å². The van der Waals surface area contributed by atoms with E-state index in [4.69, 9.17) is 16.6 Å². The van der Waals surface area contributed by atoms with E-state index in [0.29, 0.717) is 45.2 Å². The predicted octanol–water partition coefficient (Wildman–Crippen LogP) is 5.29. The molecule has 4 rings (SSSR count). The SMILES string of the molecule is CNCCCN(C(C)=O)c1ccc(N=C(c2cccc(CC(=O)O)c2)c2c(O)[nH]c3cc(Cl)ccc23)cc1. The van der Waals surface area contributed by atoms with Crippen molar-refractivity contribution >= 4 is 51.5 Å². The minimum Gasteiger partial charge on any atom is -0.494 e. The van der Waals surface area contributed by atoms with Gasteiger partial charge in [0.05, 0.1) is 28.9 Å². The molecule has 0 fully saturated rings. The summed E-state index contributed by atoms with van der Waals surface area (Å²) in [6.07, 6.45) is 0.677. The molecule has 38 heavy (non-hydrogen) atoms. The smallest absolute Gasteiger partial charge is 0.307 e. The monoisotopic (exact) mass is 532 g/mol. The third-order valence-corrected chi connectivity index (χ3v) is 6.36. The standard InChI is InChI=1S/C29H29ClN4O4/c1-18(35)34(14-4-13-31-2)23-10-8-22(9-11-23)32-28(20-6-3-5-19(15-20)16-26(36)37)27-24-12-7-21(30)17-25(24)33-29(27)38/h3,5-12,15,17,31,33,38H,4,13-14,16H2,1-2H3,(H,36,37). The van der Waals surface area contributed by atoms with E-state index < -0.39 is 5.97 Å². The lowest BCUT2D eigenvalue weighted by molar-refractivity contribution is -0.136. The highest BCUT2D eigenvalue weighted by Crippen LogP contribution is 2.33. The van der Waals surface area contributed by atoms with Gasteiger partial charge in [0.2, 0.25) is 5.91 Å². The summed E-state index contributed by atoms with van der Waals surface area (Å²) in [7, 11) is 1.87. The van der Waals surface area contributed by atoms with Gasteiger partial charge in [-0.3, -0.25) is 9.59 Å². The van der Waals surface area contributed by atoms with Crippen molar-refractivity contribution in [2.24, 2.45) is 4.99 Å². The zero-order chi connectivity index (χ0) is 27.2. The van der Waals surface area contributed by atoms with Gasteiger partial charge in [0, 0.05) is 35.1 Å². The Hall–Kier alpha value is -4.14. The number of carboxylic acids is 1. The summed E-state index contributed by atoms with van der Waals surface area (Å²) in [5.41, 5.74) is 4.22. The zero-order valence-corrected chi connectivity index (χ0v) is 21.9. The maximum atomic E-state index is 12.2. The Balaban J connectivity index is 1.80. The molecule has 3 aromatic carbocycles. The Morgan fingerprint density at radius 3 is 2.53 bits per heavy atom. The number of aliphatic carboxylic acids is 1. The molecule has 0 radical (unpaired) electrons. The van der Waals surface area contributed by atoms with Crippen molar-refractivity contribution in [1.29, 1.82) is 0 Å². The molecule has 0 bridgehead atoms. The Kier molecular flexibility index (Phi) is 8.45. The number of nitrogens with one attached hydrogen (secondary N) is 2. The largest absolute Gasteiger partial charge is 0.494 e. The topological polar surface area (TPSA) is 118 Å². The molecule has 8 nitrogen and oxygen atoms in total. The van der Waals surface area contributed by atoms with Crippen LogP contribution in [-0.4, -0.2) is 52.9 Å². The van der Waals surface area contributed by atoms with Crippen LogP contribution >= 0.6 is 11.6 Å². The summed E-state index contributed by atoms with van der Waals surface area (Å²) < 4.78 is 0. The number of nitrogens with zero attached hydrogens (tertiary/aromatic N) is 2. The van der Waals surface area contributed by atoms with Crippen molar-refractivity contribution in [3.8, 4) is 5.88 Å². The molecule has 0 saturated heterocycles. The Bertz CT molecular complexity index is 1490. The van der Waals surface area contributed by atoms with Crippen LogP contribution in [0.5, 0.6) is 5.88 Å². The number of aromatic nitrogens is 1. The highest BCUT2D eigenvalue weighted by atomic mass is 35.5. The van der Waals surface area contributed by atoms with E-state index in [2.05, 4.69) is 10.3 Å². The molecule has 4 N–H and O–H groups in total. The Morgan fingerprint density at radius 2 is 1.84 bits per heavy atom. The number of fused-ring (bicyclic) bond motifs is 1. The van der Waals surface area contributed by atoms with Crippen molar-refractivity contribution in [1.82, 2.24) is 10.3 Å². The van der Waals surface area contributed by atoms with E-state index in [1.165, 1.54) is 0 Å². The van der Waals surface area contributed by atoms with Crippen molar-refractivity contribution < 1.29 is 19.8 Å². The summed E-state index contributed by atoms with van der Waals surface area (Å²) in [4.78, 5) is 33.1. The van der Waals surface area contributed by atoms with Gasteiger partial charge in [-0.25, -0.2) is 4.99 Å². The van der Waals surface area contributed by atoms with E-state index in [1.807, 2.05) is 37.4 Å². The minimum absolute atomic E-state index is 0.0457. The molecule has 0 aliphatic heterocycles. The van der Waals surface area contributed by atoms with E-state index in [0.717, 1.165) is 24.0 Å². The number of carboxylic acid groups (broad SMARTS) is 1. The summed E-state index contributed by atoms with van der Waals surface area (Å²) in [6.45, 7) is 2.93. The Morgan fingerprint density at radius 1 is 1.08 bits per heavy atom. The van der Waals surface area contributed by atoms with E-state index in [9.17, 15) is 19.8 Å².